The van der Waals surface area contributed by atoms with Gasteiger partial charge in [-0.3, -0.25) is 4.79 Å². The zero-order chi connectivity index (χ0) is 18.9. The molecule has 1 unspecified atom stereocenters. The Bertz CT molecular complexity index is 832. The number of rotatable bonds is 3. The number of amides is 1. The average Bonchev–Trinajstić information content (AvgIpc) is 3.02. The summed E-state index contributed by atoms with van der Waals surface area (Å²) in [5.74, 6) is -0.136. The van der Waals surface area contributed by atoms with Crippen molar-refractivity contribution in [3.63, 3.8) is 0 Å². The summed E-state index contributed by atoms with van der Waals surface area (Å²) in [6.07, 6.45) is -4.81. The molecule has 1 fully saturated rings. The Hall–Kier alpha value is -1.57. The Morgan fingerprint density at radius 1 is 1.19 bits per heavy atom. The highest BCUT2D eigenvalue weighted by molar-refractivity contribution is 7.99. The van der Waals surface area contributed by atoms with Gasteiger partial charge in [0.1, 0.15) is 11.1 Å². The van der Waals surface area contributed by atoms with Crippen LogP contribution in [0.2, 0.25) is 10.0 Å². The lowest BCUT2D eigenvalue weighted by molar-refractivity contribution is -0.274. The van der Waals surface area contributed by atoms with Crippen molar-refractivity contribution in [2.75, 3.05) is 12.3 Å². The van der Waals surface area contributed by atoms with E-state index in [-0.39, 0.29) is 10.9 Å². The van der Waals surface area contributed by atoms with Crippen LogP contribution in [-0.4, -0.2) is 29.5 Å². The molecule has 3 rings (SSSR count). The van der Waals surface area contributed by atoms with Gasteiger partial charge in [-0.1, -0.05) is 35.3 Å². The molecular formula is C17H12Cl2F3NO2S. The first-order valence-electron chi connectivity index (χ1n) is 7.48. The van der Waals surface area contributed by atoms with Crippen LogP contribution in [0.25, 0.3) is 0 Å². The number of hydrogen-bond acceptors (Lipinski definition) is 3. The predicted molar refractivity (Wildman–Crippen MR) is 95.8 cm³/mol. The van der Waals surface area contributed by atoms with Gasteiger partial charge in [-0.2, -0.15) is 0 Å². The minimum absolute atomic E-state index is 0.115. The van der Waals surface area contributed by atoms with Gasteiger partial charge in [0, 0.05) is 33.5 Å². The van der Waals surface area contributed by atoms with Crippen molar-refractivity contribution in [2.45, 2.75) is 11.7 Å². The van der Waals surface area contributed by atoms with Crippen LogP contribution < -0.4 is 4.74 Å². The minimum atomic E-state index is -4.81. The second kappa shape index (κ2) is 7.58. The Morgan fingerprint density at radius 2 is 1.96 bits per heavy atom. The molecule has 138 valence electrons. The lowest BCUT2D eigenvalue weighted by atomic mass is 10.1. The zero-order valence-electron chi connectivity index (χ0n) is 13.1. The molecule has 9 heteroatoms. The molecule has 0 saturated carbocycles. The molecule has 0 radical (unpaired) electrons. The van der Waals surface area contributed by atoms with E-state index < -0.39 is 18.0 Å². The summed E-state index contributed by atoms with van der Waals surface area (Å²) < 4.78 is 41.1. The van der Waals surface area contributed by atoms with E-state index in [1.165, 1.54) is 23.9 Å². The van der Waals surface area contributed by atoms with Crippen LogP contribution >= 0.6 is 35.0 Å². The molecule has 3 nitrogen and oxygen atoms in total. The van der Waals surface area contributed by atoms with Crippen molar-refractivity contribution in [3.05, 3.63) is 63.6 Å². The number of carbonyl (C=O) groups is 1. The summed E-state index contributed by atoms with van der Waals surface area (Å²) in [6.45, 7) is 0.456. The summed E-state index contributed by atoms with van der Waals surface area (Å²) in [4.78, 5) is 14.4. The molecule has 0 aromatic heterocycles. The molecule has 1 aliphatic rings. The van der Waals surface area contributed by atoms with Gasteiger partial charge >= 0.3 is 6.36 Å². The van der Waals surface area contributed by atoms with E-state index >= 15 is 0 Å². The SMILES string of the molecule is O=C(c1cccc(OC(F)(F)F)c1)N1CCSC1c1ccc(Cl)cc1Cl. The van der Waals surface area contributed by atoms with Gasteiger partial charge in [0.15, 0.2) is 0 Å². The first-order chi connectivity index (χ1) is 12.2. The second-order valence-electron chi connectivity index (χ2n) is 5.46. The average molecular weight is 422 g/mol. The number of benzene rings is 2. The molecule has 26 heavy (non-hydrogen) atoms. The van der Waals surface area contributed by atoms with E-state index in [2.05, 4.69) is 4.74 Å². The van der Waals surface area contributed by atoms with E-state index in [9.17, 15) is 18.0 Å². The number of thioether (sulfide) groups is 1. The molecule has 0 aliphatic carbocycles. The summed E-state index contributed by atoms with van der Waals surface area (Å²) in [5.41, 5.74) is 0.846. The maximum Gasteiger partial charge on any atom is 0.573 e. The van der Waals surface area contributed by atoms with Crippen LogP contribution in [0.15, 0.2) is 42.5 Å². The number of hydrogen-bond donors (Lipinski definition) is 0. The fraction of sp³-hybridized carbons (Fsp3) is 0.235. The Balaban J connectivity index is 1.86. The second-order valence-corrected chi connectivity index (χ2v) is 7.49. The molecule has 0 spiro atoms. The molecule has 1 heterocycles. The Kier molecular flexibility index (Phi) is 5.60. The van der Waals surface area contributed by atoms with Gasteiger partial charge in [0.05, 0.1) is 0 Å². The third kappa shape index (κ3) is 4.39. The van der Waals surface area contributed by atoms with Crippen LogP contribution in [0.1, 0.15) is 21.3 Å². The monoisotopic (exact) mass is 421 g/mol. The van der Waals surface area contributed by atoms with Gasteiger partial charge in [0.2, 0.25) is 0 Å². The van der Waals surface area contributed by atoms with Gasteiger partial charge < -0.3 is 9.64 Å². The van der Waals surface area contributed by atoms with Crippen LogP contribution in [-0.2, 0) is 0 Å². The summed E-state index contributed by atoms with van der Waals surface area (Å²) in [6, 6.07) is 10.1. The third-order valence-corrected chi connectivity index (χ3v) is 5.50. The first-order valence-corrected chi connectivity index (χ1v) is 9.28. The van der Waals surface area contributed by atoms with Crippen molar-refractivity contribution >= 4 is 40.9 Å². The van der Waals surface area contributed by atoms with Gasteiger partial charge in [0.25, 0.3) is 5.91 Å². The van der Waals surface area contributed by atoms with Crippen molar-refractivity contribution in [1.82, 2.24) is 4.90 Å². The van der Waals surface area contributed by atoms with E-state index in [1.807, 2.05) is 0 Å². The lowest BCUT2D eigenvalue weighted by Gasteiger charge is -2.25. The molecule has 2 aromatic carbocycles. The molecule has 1 amide bonds. The number of nitrogens with zero attached hydrogens (tertiary/aromatic N) is 1. The summed E-state index contributed by atoms with van der Waals surface area (Å²) in [7, 11) is 0. The van der Waals surface area contributed by atoms with E-state index in [4.69, 9.17) is 23.2 Å². The maximum absolute atomic E-state index is 12.8. The molecule has 1 atom stereocenters. The highest BCUT2D eigenvalue weighted by Crippen LogP contribution is 2.42. The van der Waals surface area contributed by atoms with Gasteiger partial charge in [-0.15, -0.1) is 24.9 Å². The Labute approximate surface area is 162 Å². The topological polar surface area (TPSA) is 29.5 Å². The van der Waals surface area contributed by atoms with Crippen LogP contribution in [0.3, 0.4) is 0 Å². The Morgan fingerprint density at radius 3 is 2.65 bits per heavy atom. The largest absolute Gasteiger partial charge is 0.573 e. The minimum Gasteiger partial charge on any atom is -0.406 e. The van der Waals surface area contributed by atoms with E-state index in [1.54, 1.807) is 23.1 Å². The first kappa shape index (κ1) is 19.2. The maximum atomic E-state index is 12.8. The highest BCUT2D eigenvalue weighted by atomic mass is 35.5. The van der Waals surface area contributed by atoms with Crippen molar-refractivity contribution < 1.29 is 22.7 Å². The predicted octanol–water partition coefficient (Wildman–Crippen LogP) is 5.78. The van der Waals surface area contributed by atoms with Crippen LogP contribution in [0.4, 0.5) is 13.2 Å². The highest BCUT2D eigenvalue weighted by Gasteiger charge is 2.34. The normalized spacial score (nSPS) is 17.4. The van der Waals surface area contributed by atoms with E-state index in [0.29, 0.717) is 22.3 Å². The van der Waals surface area contributed by atoms with Crippen LogP contribution in [0, 0.1) is 0 Å². The number of ether oxygens (including phenoxy) is 1. The molecule has 0 bridgehead atoms. The fourth-order valence-corrected chi connectivity index (χ4v) is 4.50. The summed E-state index contributed by atoms with van der Waals surface area (Å²) >= 11 is 13.7. The van der Waals surface area contributed by atoms with Crippen molar-refractivity contribution in [2.24, 2.45) is 0 Å². The zero-order valence-corrected chi connectivity index (χ0v) is 15.4. The number of carbonyl (C=O) groups excluding carboxylic acids is 1. The lowest BCUT2D eigenvalue weighted by Crippen LogP contribution is -2.30. The third-order valence-electron chi connectivity index (χ3n) is 3.69. The summed E-state index contributed by atoms with van der Waals surface area (Å²) in [5, 5.41) is 0.583. The molecule has 2 aromatic rings. The van der Waals surface area contributed by atoms with Gasteiger partial charge in [-0.05, 0) is 30.3 Å². The van der Waals surface area contributed by atoms with Gasteiger partial charge in [-0.25, -0.2) is 0 Å². The number of alkyl halides is 3. The quantitative estimate of drug-likeness (QED) is 0.628. The van der Waals surface area contributed by atoms with Crippen molar-refractivity contribution in [3.8, 4) is 5.75 Å². The molecule has 1 aliphatic heterocycles. The van der Waals surface area contributed by atoms with E-state index in [0.717, 1.165) is 17.7 Å². The molecule has 0 N–H and O–H groups in total. The number of halogens is 5. The smallest absolute Gasteiger partial charge is 0.406 e. The van der Waals surface area contributed by atoms with Crippen molar-refractivity contribution in [1.29, 1.82) is 0 Å². The fourth-order valence-electron chi connectivity index (χ4n) is 2.63. The van der Waals surface area contributed by atoms with Crippen LogP contribution in [0.5, 0.6) is 5.75 Å². The molecular weight excluding hydrogens is 410 g/mol. The standard InChI is InChI=1S/C17H12Cl2F3NO2S/c18-11-4-5-13(14(19)9-11)16-23(6-7-26-16)15(24)10-2-1-3-12(8-10)25-17(20,21)22/h1-5,8-9,16H,6-7H2. The molecule has 1 saturated heterocycles.